The number of rotatable bonds is 10. The van der Waals surface area contributed by atoms with Crippen LogP contribution in [0.1, 0.15) is 113 Å². The molecule has 0 aromatic carbocycles. The van der Waals surface area contributed by atoms with Gasteiger partial charge in [0.15, 0.2) is 0 Å². The molecule has 1 atom stereocenters. The van der Waals surface area contributed by atoms with Gasteiger partial charge in [0, 0.05) is 12.0 Å². The monoisotopic (exact) mass is 458 g/mol. The van der Waals surface area contributed by atoms with Crippen LogP contribution in [0.2, 0.25) is 5.31 Å². The van der Waals surface area contributed by atoms with Crippen molar-refractivity contribution in [1.82, 2.24) is 0 Å². The molecule has 1 saturated carbocycles. The largest absolute Gasteiger partial charge is 1.00 e. The van der Waals surface area contributed by atoms with E-state index in [0.29, 0.717) is 11.8 Å². The maximum absolute atomic E-state index is 6.77. The summed E-state index contributed by atoms with van der Waals surface area (Å²) in [5, 5.41) is -0.0370. The second-order valence-corrected chi connectivity index (χ2v) is 10.9. The Balaban J connectivity index is 0.00000784. The average Bonchev–Trinajstić information content (AvgIpc) is 2.65. The summed E-state index contributed by atoms with van der Waals surface area (Å²) < 4.78 is 7.96. The van der Waals surface area contributed by atoms with Gasteiger partial charge in [-0.1, -0.05) is 95.0 Å². The molecule has 4 heteroatoms. The molecule has 1 aliphatic rings. The van der Waals surface area contributed by atoms with Gasteiger partial charge in [0.25, 0.3) is 0 Å². The maximum Gasteiger partial charge on any atom is 1.00 e. The molecular weight excluding hydrogens is 414 g/mol. The number of hydrogen-bond acceptors (Lipinski definition) is 1. The van der Waals surface area contributed by atoms with Gasteiger partial charge in [0.05, 0.1) is 0 Å². The first-order valence-electron chi connectivity index (χ1n) is 11.9. The van der Waals surface area contributed by atoms with Crippen molar-refractivity contribution in [3.05, 3.63) is 10.5 Å². The van der Waals surface area contributed by atoms with Crippen LogP contribution < -0.4 is 18.9 Å². The second-order valence-electron chi connectivity index (χ2n) is 10.0. The summed E-state index contributed by atoms with van der Waals surface area (Å²) >= 11 is 3.99. The fourth-order valence-corrected chi connectivity index (χ4v) is 5.26. The first-order chi connectivity index (χ1) is 13.2. The summed E-state index contributed by atoms with van der Waals surface area (Å²) in [6.07, 6.45) is 13.9. The van der Waals surface area contributed by atoms with Crippen molar-refractivity contribution in [3.63, 3.8) is 0 Å². The van der Waals surface area contributed by atoms with E-state index in [0.717, 1.165) is 6.42 Å². The zero-order valence-corrected chi connectivity index (χ0v) is 22.3. The van der Waals surface area contributed by atoms with E-state index in [2.05, 4.69) is 82.2 Å². The van der Waals surface area contributed by atoms with Crippen LogP contribution in [-0.4, -0.2) is 12.5 Å². The Morgan fingerprint density at radius 3 is 2.24 bits per heavy atom. The van der Waals surface area contributed by atoms with Crippen molar-refractivity contribution in [2.24, 2.45) is 11.8 Å². The fraction of sp³-hybridized carbons (Fsp3) is 0.840. The molecule has 29 heavy (non-hydrogen) atoms. The topological polar surface area (TPSA) is 9.23 Å². The molecule has 0 heterocycles. The minimum atomic E-state index is -1.44. The SMILES string of the molecule is CCCCCC/C=C(\Br)[B-](C#CC1CCCCC1)(OC(C)C)C(C)(C)C(C)C.[Li+]. The number of unbranched alkanes of at least 4 members (excludes halogenated alkanes) is 4. The first kappa shape index (κ1) is 29.4. The van der Waals surface area contributed by atoms with E-state index in [1.54, 1.807) is 0 Å². The van der Waals surface area contributed by atoms with E-state index >= 15 is 0 Å². The minimum absolute atomic E-state index is 0. The van der Waals surface area contributed by atoms with Crippen LogP contribution in [0.3, 0.4) is 0 Å². The van der Waals surface area contributed by atoms with E-state index in [4.69, 9.17) is 4.65 Å². The van der Waals surface area contributed by atoms with Crippen LogP contribution in [0.5, 0.6) is 0 Å². The quantitative estimate of drug-likeness (QED) is 0.231. The first-order valence-corrected chi connectivity index (χ1v) is 12.7. The van der Waals surface area contributed by atoms with Gasteiger partial charge in [-0.3, -0.25) is 5.82 Å². The van der Waals surface area contributed by atoms with Crippen molar-refractivity contribution >= 4 is 22.3 Å². The van der Waals surface area contributed by atoms with E-state index in [9.17, 15) is 0 Å². The third-order valence-corrected chi connectivity index (χ3v) is 7.86. The van der Waals surface area contributed by atoms with Gasteiger partial charge in [-0.15, -0.1) is 21.7 Å². The Hall–Kier alpha value is 0.402. The molecule has 1 unspecified atom stereocenters. The molecule has 0 N–H and O–H groups in total. The summed E-state index contributed by atoms with van der Waals surface area (Å²) in [5.74, 6) is 8.51. The minimum Gasteiger partial charge on any atom is -0.574 e. The fourth-order valence-electron chi connectivity index (χ4n) is 4.22. The molecule has 0 bridgehead atoms. The molecule has 0 aromatic heterocycles. The van der Waals surface area contributed by atoms with E-state index in [-0.39, 0.29) is 30.3 Å². The molecule has 1 nitrogen and oxygen atoms in total. The standard InChI is InChI=1S/C25H45BBrO.Li/c1-8-9-10-11-15-18-24(27)26(28-22(4)5,25(6,7)21(2)3)20-19-23-16-13-12-14-17-23;/h18,21-23H,8-17H2,1-7H3;/q-1;+1/b24-18-;. The Labute approximate surface area is 203 Å². The average molecular weight is 459 g/mol. The molecule has 0 spiro atoms. The number of halogens is 1. The van der Waals surface area contributed by atoms with Gasteiger partial charge in [-0.2, -0.15) is 0 Å². The van der Waals surface area contributed by atoms with Gasteiger partial charge >= 0.3 is 18.9 Å². The Kier molecular flexibility index (Phi) is 14.7. The summed E-state index contributed by atoms with van der Waals surface area (Å²) in [6, 6.07) is 0. The molecule has 0 amide bonds. The van der Waals surface area contributed by atoms with Crippen molar-refractivity contribution in [2.45, 2.75) is 124 Å². The molecule has 162 valence electrons. The molecule has 1 aliphatic carbocycles. The van der Waals surface area contributed by atoms with E-state index in [1.807, 2.05) is 0 Å². The zero-order chi connectivity index (χ0) is 21.2. The molecule has 0 aliphatic heterocycles. The van der Waals surface area contributed by atoms with E-state index in [1.165, 1.54) is 62.2 Å². The third-order valence-electron chi connectivity index (χ3n) is 6.89. The normalized spacial score (nSPS) is 18.2. The Morgan fingerprint density at radius 1 is 1.10 bits per heavy atom. The van der Waals surface area contributed by atoms with Gasteiger partial charge in [-0.25, -0.2) is 0 Å². The summed E-state index contributed by atoms with van der Waals surface area (Å²) in [5.41, 5.74) is 0. The third kappa shape index (κ3) is 8.81. The van der Waals surface area contributed by atoms with Crippen LogP contribution in [0.4, 0.5) is 0 Å². The predicted octanol–water partition coefficient (Wildman–Crippen LogP) is 5.71. The van der Waals surface area contributed by atoms with Gasteiger partial charge in [0.1, 0.15) is 0 Å². The number of allylic oxidation sites excluding steroid dienone is 1. The molecule has 0 saturated heterocycles. The van der Waals surface area contributed by atoms with Crippen LogP contribution in [0.25, 0.3) is 0 Å². The van der Waals surface area contributed by atoms with Crippen LogP contribution in [0, 0.1) is 23.6 Å². The number of hydrogen-bond donors (Lipinski definition) is 0. The molecule has 0 aromatic rings. The molecule has 1 fully saturated rings. The van der Waals surface area contributed by atoms with E-state index < -0.39 is 6.35 Å². The molecule has 1 rings (SSSR count). The predicted molar refractivity (Wildman–Crippen MR) is 131 cm³/mol. The zero-order valence-electron chi connectivity index (χ0n) is 20.7. The van der Waals surface area contributed by atoms with Crippen LogP contribution in [-0.2, 0) is 4.65 Å². The molecule has 0 radical (unpaired) electrons. The summed E-state index contributed by atoms with van der Waals surface area (Å²) in [7, 11) is 0. The Bertz CT molecular complexity index is 541. The van der Waals surface area contributed by atoms with Gasteiger partial charge in [-0.05, 0) is 39.5 Å². The molecular formula is C25H45BBrLiO. The summed E-state index contributed by atoms with van der Waals surface area (Å²) in [6.45, 7) is 15.9. The van der Waals surface area contributed by atoms with Crippen molar-refractivity contribution in [3.8, 4) is 11.7 Å². The van der Waals surface area contributed by atoms with Crippen molar-refractivity contribution in [2.75, 3.05) is 0 Å². The van der Waals surface area contributed by atoms with Crippen molar-refractivity contribution < 1.29 is 23.5 Å². The second kappa shape index (κ2) is 14.5. The smallest absolute Gasteiger partial charge is 0.574 e. The van der Waals surface area contributed by atoms with Gasteiger partial charge < -0.3 is 4.65 Å². The maximum atomic E-state index is 6.77. The summed E-state index contributed by atoms with van der Waals surface area (Å²) in [4.78, 5) is 0. The van der Waals surface area contributed by atoms with Gasteiger partial charge in [0.2, 0.25) is 6.35 Å². The Morgan fingerprint density at radius 2 is 1.72 bits per heavy atom. The van der Waals surface area contributed by atoms with Crippen molar-refractivity contribution in [1.29, 1.82) is 0 Å². The van der Waals surface area contributed by atoms with Crippen LogP contribution >= 0.6 is 15.9 Å². The van der Waals surface area contributed by atoms with Crippen LogP contribution in [0.15, 0.2) is 10.5 Å².